The highest BCUT2D eigenvalue weighted by atomic mass is 19.3. The van der Waals surface area contributed by atoms with Gasteiger partial charge in [0.1, 0.15) is 17.5 Å². The van der Waals surface area contributed by atoms with Gasteiger partial charge in [0.2, 0.25) is 11.8 Å². The van der Waals surface area contributed by atoms with Crippen LogP contribution in [-0.4, -0.2) is 74.9 Å². The number of carbonyl (C=O) groups excluding carboxylic acids is 2. The Balaban J connectivity index is 1.53. The second-order valence-corrected chi connectivity index (χ2v) is 11.7. The molecule has 3 heterocycles. The molecule has 1 aliphatic heterocycles. The van der Waals surface area contributed by atoms with Crippen molar-refractivity contribution in [3.05, 3.63) is 35.9 Å². The number of alkyl halides is 2. The van der Waals surface area contributed by atoms with Gasteiger partial charge < -0.3 is 19.4 Å². The number of hydrogen-bond acceptors (Lipinski definition) is 5. The van der Waals surface area contributed by atoms with Gasteiger partial charge in [0.05, 0.1) is 17.3 Å². The van der Waals surface area contributed by atoms with E-state index in [1.165, 1.54) is 4.90 Å². The molecule has 0 spiro atoms. The third-order valence-corrected chi connectivity index (χ3v) is 6.89. The SMILES string of the molecule is Cc1cccn2c(C(C)(C)NC(=O)[C@@H]3CN(C(=O)OC(C)(C)C)CCN3CC3CC(F)(F)C3)ncc12. The summed E-state index contributed by atoms with van der Waals surface area (Å²) in [6.07, 6.45) is 2.87. The lowest BCUT2D eigenvalue weighted by Crippen LogP contribution is -2.63. The molecule has 8 nitrogen and oxygen atoms in total. The van der Waals surface area contributed by atoms with Crippen molar-refractivity contribution in [2.75, 3.05) is 26.2 Å². The normalized spacial score (nSPS) is 21.3. The third kappa shape index (κ3) is 5.63. The highest BCUT2D eigenvalue weighted by Gasteiger charge is 2.47. The van der Waals surface area contributed by atoms with Gasteiger partial charge in [-0.15, -0.1) is 0 Å². The van der Waals surface area contributed by atoms with Crippen LogP contribution in [0.25, 0.3) is 5.52 Å². The quantitative estimate of drug-likeness (QED) is 0.666. The number of nitrogens with one attached hydrogen (secondary N) is 1. The Kier molecular flexibility index (Phi) is 6.79. The minimum Gasteiger partial charge on any atom is -0.444 e. The number of carbonyl (C=O) groups is 2. The van der Waals surface area contributed by atoms with Gasteiger partial charge in [0.15, 0.2) is 0 Å². The minimum absolute atomic E-state index is 0.126. The maximum atomic E-state index is 13.7. The molecule has 10 heteroatoms. The van der Waals surface area contributed by atoms with Crippen LogP contribution in [0.15, 0.2) is 24.5 Å². The Labute approximate surface area is 211 Å². The number of nitrogens with zero attached hydrogens (tertiary/aromatic N) is 4. The number of halogens is 2. The first kappa shape index (κ1) is 26.3. The van der Waals surface area contributed by atoms with Crippen LogP contribution in [0.2, 0.25) is 0 Å². The van der Waals surface area contributed by atoms with Crippen molar-refractivity contribution in [1.29, 1.82) is 0 Å². The van der Waals surface area contributed by atoms with Crippen LogP contribution in [0, 0.1) is 12.8 Å². The predicted molar refractivity (Wildman–Crippen MR) is 132 cm³/mol. The van der Waals surface area contributed by atoms with Crippen LogP contribution in [0.5, 0.6) is 0 Å². The van der Waals surface area contributed by atoms with Crippen molar-refractivity contribution in [3.8, 4) is 0 Å². The molecule has 1 saturated heterocycles. The van der Waals surface area contributed by atoms with Gasteiger partial charge in [0.25, 0.3) is 0 Å². The molecule has 0 unspecified atom stereocenters. The molecule has 1 saturated carbocycles. The number of hydrogen-bond donors (Lipinski definition) is 1. The van der Waals surface area contributed by atoms with E-state index in [4.69, 9.17) is 4.74 Å². The molecule has 36 heavy (non-hydrogen) atoms. The summed E-state index contributed by atoms with van der Waals surface area (Å²) in [5.74, 6) is -2.39. The van der Waals surface area contributed by atoms with Crippen LogP contribution >= 0.6 is 0 Å². The van der Waals surface area contributed by atoms with Crippen molar-refractivity contribution in [1.82, 2.24) is 24.5 Å². The summed E-state index contributed by atoms with van der Waals surface area (Å²) < 4.78 is 34.4. The first-order chi connectivity index (χ1) is 16.7. The average molecular weight is 506 g/mol. The van der Waals surface area contributed by atoms with E-state index in [-0.39, 0.29) is 31.2 Å². The number of aromatic nitrogens is 2. The van der Waals surface area contributed by atoms with Crippen molar-refractivity contribution >= 4 is 17.5 Å². The fourth-order valence-corrected chi connectivity index (χ4v) is 5.10. The topological polar surface area (TPSA) is 79.2 Å². The number of pyridine rings is 1. The third-order valence-electron chi connectivity index (χ3n) is 6.89. The summed E-state index contributed by atoms with van der Waals surface area (Å²) in [5, 5.41) is 3.11. The molecular formula is C26H37F2N5O3. The van der Waals surface area contributed by atoms with Gasteiger partial charge >= 0.3 is 6.09 Å². The number of amides is 2. The summed E-state index contributed by atoms with van der Waals surface area (Å²) in [6.45, 7) is 12.4. The first-order valence-electron chi connectivity index (χ1n) is 12.5. The Morgan fingerprint density at radius 3 is 2.53 bits per heavy atom. The predicted octanol–water partition coefficient (Wildman–Crippen LogP) is 3.96. The van der Waals surface area contributed by atoms with Crippen LogP contribution in [0.1, 0.15) is 58.8 Å². The molecule has 2 aliphatic rings. The van der Waals surface area contributed by atoms with Gasteiger partial charge in [-0.25, -0.2) is 18.6 Å². The lowest BCUT2D eigenvalue weighted by molar-refractivity contribution is -0.136. The molecule has 2 amide bonds. The number of piperazine rings is 1. The summed E-state index contributed by atoms with van der Waals surface area (Å²) in [4.78, 5) is 34.5. The van der Waals surface area contributed by atoms with Crippen molar-refractivity contribution in [3.63, 3.8) is 0 Å². The van der Waals surface area contributed by atoms with Gasteiger partial charge in [-0.05, 0) is 59.1 Å². The molecule has 1 N–H and O–H groups in total. The molecule has 0 bridgehead atoms. The monoisotopic (exact) mass is 505 g/mol. The zero-order valence-electron chi connectivity index (χ0n) is 22.0. The molecule has 1 atom stereocenters. The van der Waals surface area contributed by atoms with Gasteiger partial charge in [-0.3, -0.25) is 9.69 Å². The standard InChI is InChI=1S/C26H37F2N5O3/c1-17-8-7-9-33-19(17)14-29-22(33)25(5,6)30-21(34)20-16-32(23(35)36-24(2,3)4)11-10-31(20)15-18-12-26(27,28)13-18/h7-9,14,18,20H,10-13,15-16H2,1-6H3,(H,30,34)/t20-/m0/s1. The maximum absolute atomic E-state index is 13.7. The molecule has 198 valence electrons. The molecule has 4 rings (SSSR count). The number of imidazole rings is 1. The van der Waals surface area contributed by atoms with E-state index in [9.17, 15) is 18.4 Å². The van der Waals surface area contributed by atoms with Crippen molar-refractivity contribution in [2.24, 2.45) is 5.92 Å². The zero-order chi connectivity index (χ0) is 26.5. The summed E-state index contributed by atoms with van der Waals surface area (Å²) in [6, 6.07) is 3.25. The fourth-order valence-electron chi connectivity index (χ4n) is 5.10. The van der Waals surface area contributed by atoms with Crippen molar-refractivity contribution < 1.29 is 23.1 Å². The average Bonchev–Trinajstić information content (AvgIpc) is 3.17. The Hall–Kier alpha value is -2.75. The highest BCUT2D eigenvalue weighted by molar-refractivity contribution is 5.84. The lowest BCUT2D eigenvalue weighted by atomic mass is 9.80. The van der Waals surface area contributed by atoms with Gasteiger partial charge in [-0.1, -0.05) is 6.07 Å². The molecule has 2 aromatic rings. The summed E-state index contributed by atoms with van der Waals surface area (Å²) in [5.41, 5.74) is 0.546. The Morgan fingerprint density at radius 2 is 1.89 bits per heavy atom. The van der Waals surface area contributed by atoms with Crippen LogP contribution in [0.4, 0.5) is 13.6 Å². The summed E-state index contributed by atoms with van der Waals surface area (Å²) >= 11 is 0. The van der Waals surface area contributed by atoms with E-state index in [1.54, 1.807) is 27.0 Å². The minimum atomic E-state index is -2.62. The van der Waals surface area contributed by atoms with E-state index < -0.39 is 29.2 Å². The molecule has 0 radical (unpaired) electrons. The molecule has 2 aromatic heterocycles. The van der Waals surface area contributed by atoms with E-state index >= 15 is 0 Å². The maximum Gasteiger partial charge on any atom is 0.410 e. The lowest BCUT2D eigenvalue weighted by Gasteiger charge is -2.45. The fraction of sp³-hybridized carbons (Fsp3) is 0.654. The van der Waals surface area contributed by atoms with E-state index in [0.717, 1.165) is 11.1 Å². The van der Waals surface area contributed by atoms with E-state index in [1.807, 2.05) is 48.4 Å². The number of aryl methyl sites for hydroxylation is 1. The molecule has 0 aromatic carbocycles. The van der Waals surface area contributed by atoms with Gasteiger partial charge in [0, 0.05) is 45.2 Å². The van der Waals surface area contributed by atoms with Gasteiger partial charge in [-0.2, -0.15) is 0 Å². The number of ether oxygens (including phenoxy) is 1. The molecule has 2 fully saturated rings. The first-order valence-corrected chi connectivity index (χ1v) is 12.5. The Morgan fingerprint density at radius 1 is 1.19 bits per heavy atom. The van der Waals surface area contributed by atoms with Crippen LogP contribution < -0.4 is 5.32 Å². The molecular weight excluding hydrogens is 468 g/mol. The zero-order valence-corrected chi connectivity index (χ0v) is 22.0. The van der Waals surface area contributed by atoms with Crippen molar-refractivity contribution in [2.45, 2.75) is 77.5 Å². The van der Waals surface area contributed by atoms with E-state index in [2.05, 4.69) is 10.3 Å². The number of rotatable bonds is 5. The van der Waals surface area contributed by atoms with Crippen LogP contribution in [-0.2, 0) is 15.1 Å². The smallest absolute Gasteiger partial charge is 0.410 e. The second kappa shape index (κ2) is 9.28. The van der Waals surface area contributed by atoms with E-state index in [0.29, 0.717) is 25.5 Å². The second-order valence-electron chi connectivity index (χ2n) is 11.7. The largest absolute Gasteiger partial charge is 0.444 e. The molecule has 1 aliphatic carbocycles. The number of fused-ring (bicyclic) bond motifs is 1. The highest BCUT2D eigenvalue weighted by Crippen LogP contribution is 2.43. The summed E-state index contributed by atoms with van der Waals surface area (Å²) in [7, 11) is 0. The Bertz CT molecular complexity index is 1130. The van der Waals surface area contributed by atoms with Crippen LogP contribution in [0.3, 0.4) is 0 Å².